The first kappa shape index (κ1) is 15.6. The molecule has 20 heavy (non-hydrogen) atoms. The normalized spacial score (nSPS) is 20.5. The van der Waals surface area contributed by atoms with Gasteiger partial charge in [-0.25, -0.2) is 0 Å². The van der Waals surface area contributed by atoms with Crippen molar-refractivity contribution >= 4 is 15.9 Å². The van der Waals surface area contributed by atoms with Crippen LogP contribution in [0.1, 0.15) is 37.3 Å². The highest BCUT2D eigenvalue weighted by Gasteiger charge is 2.22. The van der Waals surface area contributed by atoms with E-state index in [1.807, 2.05) is 12.1 Å². The third-order valence-electron chi connectivity index (χ3n) is 3.71. The van der Waals surface area contributed by atoms with Crippen LogP contribution in [0.4, 0.5) is 0 Å². The minimum atomic E-state index is -0.102. The van der Waals surface area contributed by atoms with Gasteiger partial charge in [-0.15, -0.1) is 0 Å². The van der Waals surface area contributed by atoms with Crippen LogP contribution >= 0.6 is 15.9 Å². The summed E-state index contributed by atoms with van der Waals surface area (Å²) in [5, 5.41) is 0. The summed E-state index contributed by atoms with van der Waals surface area (Å²) in [7, 11) is 3.28. The van der Waals surface area contributed by atoms with E-state index in [0.717, 1.165) is 47.4 Å². The topological polar surface area (TPSA) is 53.7 Å². The van der Waals surface area contributed by atoms with E-state index in [0.29, 0.717) is 0 Å². The van der Waals surface area contributed by atoms with Gasteiger partial charge < -0.3 is 19.9 Å². The first-order valence-corrected chi connectivity index (χ1v) is 7.74. The molecule has 1 heterocycles. The Morgan fingerprint density at radius 2 is 2.15 bits per heavy atom. The Morgan fingerprint density at radius 3 is 2.75 bits per heavy atom. The smallest absolute Gasteiger partial charge is 0.141 e. The van der Waals surface area contributed by atoms with Gasteiger partial charge in [0.15, 0.2) is 0 Å². The molecular weight excluding hydrogens is 322 g/mol. The molecule has 1 aliphatic heterocycles. The van der Waals surface area contributed by atoms with Gasteiger partial charge in [0.2, 0.25) is 0 Å². The Kier molecular flexibility index (Phi) is 5.69. The molecule has 2 unspecified atom stereocenters. The van der Waals surface area contributed by atoms with Gasteiger partial charge in [-0.3, -0.25) is 0 Å². The Balaban J connectivity index is 2.16. The lowest BCUT2D eigenvalue weighted by atomic mass is 9.96. The monoisotopic (exact) mass is 343 g/mol. The maximum Gasteiger partial charge on any atom is 0.141 e. The van der Waals surface area contributed by atoms with Crippen LogP contribution in [0.5, 0.6) is 11.5 Å². The van der Waals surface area contributed by atoms with E-state index in [4.69, 9.17) is 19.9 Å². The molecule has 2 N–H and O–H groups in total. The van der Waals surface area contributed by atoms with Crippen LogP contribution in [0.15, 0.2) is 16.6 Å². The second kappa shape index (κ2) is 7.29. The molecule has 2 rings (SSSR count). The van der Waals surface area contributed by atoms with Crippen molar-refractivity contribution < 1.29 is 14.2 Å². The highest BCUT2D eigenvalue weighted by Crippen LogP contribution is 2.40. The standard InChI is InChI=1S/C15H22BrNO3/c1-18-13-7-6-11(15(19-2)14(13)16)12(17)9-10-5-3-4-8-20-10/h6-7,10,12H,3-5,8-9,17H2,1-2H3. The van der Waals surface area contributed by atoms with Crippen LogP contribution in [-0.4, -0.2) is 26.9 Å². The van der Waals surface area contributed by atoms with Crippen LogP contribution < -0.4 is 15.2 Å². The predicted octanol–water partition coefficient (Wildman–Crippen LogP) is 3.43. The predicted molar refractivity (Wildman–Crippen MR) is 82.4 cm³/mol. The van der Waals surface area contributed by atoms with Crippen molar-refractivity contribution in [2.75, 3.05) is 20.8 Å². The second-order valence-corrected chi connectivity index (χ2v) is 5.83. The number of halogens is 1. The van der Waals surface area contributed by atoms with Crippen LogP contribution in [0, 0.1) is 0 Å². The van der Waals surface area contributed by atoms with Crippen molar-refractivity contribution in [2.24, 2.45) is 5.73 Å². The van der Waals surface area contributed by atoms with Gasteiger partial charge in [-0.1, -0.05) is 0 Å². The van der Waals surface area contributed by atoms with Crippen LogP contribution in [0.3, 0.4) is 0 Å². The summed E-state index contributed by atoms with van der Waals surface area (Å²) in [4.78, 5) is 0. The molecule has 1 aliphatic rings. The van der Waals surface area contributed by atoms with Gasteiger partial charge in [-0.2, -0.15) is 0 Å². The largest absolute Gasteiger partial charge is 0.495 e. The first-order chi connectivity index (χ1) is 9.67. The molecule has 5 heteroatoms. The van der Waals surface area contributed by atoms with E-state index < -0.39 is 0 Å². The van der Waals surface area contributed by atoms with Gasteiger partial charge in [-0.05, 0) is 53.7 Å². The minimum Gasteiger partial charge on any atom is -0.495 e. The van der Waals surface area contributed by atoms with Crippen molar-refractivity contribution in [3.8, 4) is 11.5 Å². The van der Waals surface area contributed by atoms with Crippen molar-refractivity contribution in [1.29, 1.82) is 0 Å². The van der Waals surface area contributed by atoms with E-state index in [1.165, 1.54) is 6.42 Å². The summed E-state index contributed by atoms with van der Waals surface area (Å²) in [6.07, 6.45) is 4.54. The van der Waals surface area contributed by atoms with Gasteiger partial charge in [0.1, 0.15) is 16.0 Å². The minimum absolute atomic E-state index is 0.102. The maximum atomic E-state index is 6.34. The lowest BCUT2D eigenvalue weighted by Crippen LogP contribution is -2.25. The highest BCUT2D eigenvalue weighted by molar-refractivity contribution is 9.10. The van der Waals surface area contributed by atoms with Gasteiger partial charge >= 0.3 is 0 Å². The number of nitrogens with two attached hydrogens (primary N) is 1. The molecule has 1 saturated heterocycles. The summed E-state index contributed by atoms with van der Waals surface area (Å²) in [5.41, 5.74) is 7.32. The number of hydrogen-bond acceptors (Lipinski definition) is 4. The van der Waals surface area contributed by atoms with E-state index in [2.05, 4.69) is 15.9 Å². The molecule has 0 aliphatic carbocycles. The molecule has 1 aromatic rings. The van der Waals surface area contributed by atoms with Gasteiger partial charge in [0.05, 0.1) is 20.3 Å². The third kappa shape index (κ3) is 3.45. The van der Waals surface area contributed by atoms with E-state index in [-0.39, 0.29) is 12.1 Å². The summed E-state index contributed by atoms with van der Waals surface area (Å²) in [6, 6.07) is 3.77. The number of methoxy groups -OCH3 is 2. The Hall–Kier alpha value is -0.780. The van der Waals surface area contributed by atoms with Crippen molar-refractivity contribution in [3.63, 3.8) is 0 Å². The zero-order valence-corrected chi connectivity index (χ0v) is 13.6. The quantitative estimate of drug-likeness (QED) is 0.889. The lowest BCUT2D eigenvalue weighted by Gasteiger charge is -2.26. The number of rotatable bonds is 5. The average Bonchev–Trinajstić information content (AvgIpc) is 2.47. The van der Waals surface area contributed by atoms with Crippen LogP contribution in [-0.2, 0) is 4.74 Å². The van der Waals surface area contributed by atoms with E-state index in [1.54, 1.807) is 14.2 Å². The highest BCUT2D eigenvalue weighted by atomic mass is 79.9. The molecule has 1 fully saturated rings. The van der Waals surface area contributed by atoms with Gasteiger partial charge in [0, 0.05) is 18.2 Å². The Morgan fingerprint density at radius 1 is 1.35 bits per heavy atom. The maximum absolute atomic E-state index is 6.34. The fourth-order valence-electron chi connectivity index (χ4n) is 2.61. The molecule has 0 aromatic heterocycles. The molecule has 0 saturated carbocycles. The van der Waals surface area contributed by atoms with Crippen LogP contribution in [0.2, 0.25) is 0 Å². The van der Waals surface area contributed by atoms with Crippen molar-refractivity contribution in [3.05, 3.63) is 22.2 Å². The number of ether oxygens (including phenoxy) is 3. The first-order valence-electron chi connectivity index (χ1n) is 6.95. The molecular formula is C15H22BrNO3. The lowest BCUT2D eigenvalue weighted by molar-refractivity contribution is 0.00719. The zero-order valence-electron chi connectivity index (χ0n) is 12.0. The molecule has 4 nitrogen and oxygen atoms in total. The van der Waals surface area contributed by atoms with Crippen molar-refractivity contribution in [1.82, 2.24) is 0 Å². The summed E-state index contributed by atoms with van der Waals surface area (Å²) < 4.78 is 17.3. The zero-order chi connectivity index (χ0) is 14.5. The number of benzene rings is 1. The molecule has 0 amide bonds. The Labute approximate surface area is 128 Å². The third-order valence-corrected chi connectivity index (χ3v) is 4.46. The fourth-order valence-corrected chi connectivity index (χ4v) is 3.30. The van der Waals surface area contributed by atoms with E-state index >= 15 is 0 Å². The molecule has 0 radical (unpaired) electrons. The fraction of sp³-hybridized carbons (Fsp3) is 0.600. The second-order valence-electron chi connectivity index (χ2n) is 5.04. The Bertz CT molecular complexity index is 447. The SMILES string of the molecule is COc1ccc(C(N)CC2CCCCO2)c(OC)c1Br. The van der Waals surface area contributed by atoms with Crippen LogP contribution in [0.25, 0.3) is 0 Å². The molecule has 112 valence electrons. The van der Waals surface area contributed by atoms with Gasteiger partial charge in [0.25, 0.3) is 0 Å². The van der Waals surface area contributed by atoms with E-state index in [9.17, 15) is 0 Å². The molecule has 2 atom stereocenters. The molecule has 0 spiro atoms. The summed E-state index contributed by atoms with van der Waals surface area (Å²) in [6.45, 7) is 0.848. The molecule has 0 bridgehead atoms. The summed E-state index contributed by atoms with van der Waals surface area (Å²) >= 11 is 3.51. The molecule has 1 aromatic carbocycles. The van der Waals surface area contributed by atoms with Crippen molar-refractivity contribution in [2.45, 2.75) is 37.8 Å². The summed E-state index contributed by atoms with van der Waals surface area (Å²) in [5.74, 6) is 1.49. The number of hydrogen-bond donors (Lipinski definition) is 1. The average molecular weight is 344 g/mol.